The molecule has 0 saturated heterocycles. The second kappa shape index (κ2) is 11.4. The molecule has 3 aromatic rings. The monoisotopic (exact) mass is 536 g/mol. The number of carboxylic acids is 1. The number of para-hydroxylation sites is 1. The van der Waals surface area contributed by atoms with Crippen LogP contribution in [-0.4, -0.2) is 36.8 Å². The van der Waals surface area contributed by atoms with E-state index in [9.17, 15) is 21.6 Å². The lowest BCUT2D eigenvalue weighted by Crippen LogP contribution is -2.81. The molecule has 0 amide bonds. The third-order valence-corrected chi connectivity index (χ3v) is 6.79. The average Bonchev–Trinajstić information content (AvgIpc) is 3.22. The van der Waals surface area contributed by atoms with Crippen molar-refractivity contribution in [3.8, 4) is 11.5 Å². The van der Waals surface area contributed by atoms with Crippen LogP contribution in [0.4, 0.5) is 30.2 Å². The molecule has 0 unspecified atom stereocenters. The van der Waals surface area contributed by atoms with Crippen molar-refractivity contribution in [2.24, 2.45) is 4.99 Å². The maximum absolute atomic E-state index is 12.1. The highest BCUT2D eigenvalue weighted by Crippen LogP contribution is 2.29. The highest BCUT2D eigenvalue weighted by atomic mass is 32.2. The Bertz CT molecular complexity index is 1370. The molecular formula is C25H25F3N3O5S+. The number of amidine groups is 1. The van der Waals surface area contributed by atoms with Gasteiger partial charge in [-0.3, -0.25) is 10.0 Å². The Labute approximate surface area is 211 Å². The number of rotatable bonds is 7. The molecule has 3 aromatic carbocycles. The first-order valence-electron chi connectivity index (χ1n) is 11.0. The molecule has 0 atom stereocenters. The summed E-state index contributed by atoms with van der Waals surface area (Å²) in [4.78, 5) is 13.6. The van der Waals surface area contributed by atoms with Crippen molar-refractivity contribution in [2.75, 3.05) is 4.72 Å². The van der Waals surface area contributed by atoms with E-state index in [1.165, 1.54) is 0 Å². The Morgan fingerprint density at radius 2 is 1.62 bits per heavy atom. The first-order chi connectivity index (χ1) is 17.3. The highest BCUT2D eigenvalue weighted by molar-refractivity contribution is 7.93. The van der Waals surface area contributed by atoms with Gasteiger partial charge in [-0.15, -0.1) is 0 Å². The molecule has 0 aliphatic carbocycles. The van der Waals surface area contributed by atoms with Crippen LogP contribution in [0.1, 0.15) is 19.4 Å². The van der Waals surface area contributed by atoms with E-state index in [4.69, 9.17) is 14.6 Å². The zero-order valence-electron chi connectivity index (χ0n) is 19.9. The van der Waals surface area contributed by atoms with Crippen LogP contribution >= 0.6 is 0 Å². The lowest BCUT2D eigenvalue weighted by atomic mass is 10.1. The van der Waals surface area contributed by atoms with E-state index in [0.29, 0.717) is 12.1 Å². The van der Waals surface area contributed by atoms with E-state index in [1.807, 2.05) is 66.0 Å². The van der Waals surface area contributed by atoms with Gasteiger partial charge in [0.1, 0.15) is 17.2 Å². The molecule has 37 heavy (non-hydrogen) atoms. The first-order valence-corrected chi connectivity index (χ1v) is 12.6. The van der Waals surface area contributed by atoms with Crippen molar-refractivity contribution in [2.45, 2.75) is 31.7 Å². The average molecular weight is 537 g/mol. The molecule has 4 N–H and O–H groups in total. The molecule has 4 rings (SSSR count). The summed E-state index contributed by atoms with van der Waals surface area (Å²) in [5.74, 6) is -0.233. The summed E-state index contributed by atoms with van der Waals surface area (Å²) in [6.07, 6.45) is -4.40. The van der Waals surface area contributed by atoms with Crippen LogP contribution in [0.2, 0.25) is 0 Å². The topological polar surface area (TPSA) is 122 Å². The van der Waals surface area contributed by atoms with Crippen LogP contribution in [0.15, 0.2) is 77.8 Å². The summed E-state index contributed by atoms with van der Waals surface area (Å²) >= 11 is 0. The van der Waals surface area contributed by atoms with Crippen molar-refractivity contribution in [3.05, 3.63) is 78.4 Å². The molecule has 12 heteroatoms. The molecule has 0 bridgehead atoms. The number of ether oxygens (including phenoxy) is 1. The van der Waals surface area contributed by atoms with Gasteiger partial charge in [0.05, 0.1) is 17.4 Å². The number of carbonyl (C=O) groups is 1. The number of alkyl halides is 3. The number of hydrogen-bond acceptors (Lipinski definition) is 5. The third-order valence-electron chi connectivity index (χ3n) is 5.03. The summed E-state index contributed by atoms with van der Waals surface area (Å²) < 4.78 is 64.3. The normalized spacial score (nSPS) is 12.8. The van der Waals surface area contributed by atoms with Gasteiger partial charge in [-0.1, -0.05) is 30.3 Å². The van der Waals surface area contributed by atoms with Gasteiger partial charge in [0.25, 0.3) is 0 Å². The molecule has 1 aliphatic rings. The molecule has 0 fully saturated rings. The molecule has 196 valence electrons. The molecule has 1 aliphatic heterocycles. The van der Waals surface area contributed by atoms with Crippen LogP contribution < -0.4 is 14.8 Å². The van der Waals surface area contributed by atoms with Gasteiger partial charge in [-0.2, -0.15) is 18.2 Å². The smallest absolute Gasteiger partial charge is 0.475 e. The predicted molar refractivity (Wildman–Crippen MR) is 133 cm³/mol. The van der Waals surface area contributed by atoms with E-state index < -0.39 is 27.4 Å². The number of nitrogens with two attached hydrogens (primary N) is 1. The Morgan fingerprint density at radius 3 is 2.19 bits per heavy atom. The minimum atomic E-state index is -5.08. The number of hydrogen-bond donors (Lipinski definition) is 3. The largest absolute Gasteiger partial charge is 0.490 e. The number of aliphatic carboxylic acids is 1. The Balaban J connectivity index is 0.000000479. The van der Waals surface area contributed by atoms with Crippen LogP contribution in [0.25, 0.3) is 0 Å². The number of anilines is 1. The van der Waals surface area contributed by atoms with Crippen molar-refractivity contribution in [1.29, 1.82) is 0 Å². The highest BCUT2D eigenvalue weighted by Gasteiger charge is 2.38. The number of sulfonamides is 1. The third kappa shape index (κ3) is 8.05. The molecule has 0 aromatic heterocycles. The number of fused-ring (bicyclic) bond motifs is 1. The molecule has 1 heterocycles. The minimum Gasteiger partial charge on any atom is -0.475 e. The zero-order chi connectivity index (χ0) is 27.2. The second-order valence-electron chi connectivity index (χ2n) is 8.26. The van der Waals surface area contributed by atoms with Gasteiger partial charge in [0, 0.05) is 6.07 Å². The van der Waals surface area contributed by atoms with E-state index in [1.54, 1.807) is 26.0 Å². The van der Waals surface area contributed by atoms with Crippen LogP contribution in [0.3, 0.4) is 0 Å². The SMILES string of the molecule is CC(C)S(=O)(=O)Nc1ccc2c(c1)N=C(Cc1ccc(Oc3ccccc3)cc1)[NH2+]2.O=C(O)C(F)(F)F. The maximum Gasteiger partial charge on any atom is 0.490 e. The first kappa shape index (κ1) is 27.7. The quantitative estimate of drug-likeness (QED) is 0.377. The van der Waals surface area contributed by atoms with Gasteiger partial charge in [0.15, 0.2) is 5.69 Å². The zero-order valence-corrected chi connectivity index (χ0v) is 20.7. The number of aliphatic imine (C=N–C) groups is 1. The minimum absolute atomic E-state index is 0.495. The van der Waals surface area contributed by atoms with Gasteiger partial charge in [-0.05, 0) is 55.8 Å². The number of halogens is 3. The van der Waals surface area contributed by atoms with Crippen molar-refractivity contribution >= 4 is 38.9 Å². The van der Waals surface area contributed by atoms with Crippen LogP contribution in [0, 0.1) is 0 Å². The van der Waals surface area contributed by atoms with Crippen molar-refractivity contribution in [3.63, 3.8) is 0 Å². The summed E-state index contributed by atoms with van der Waals surface area (Å²) in [5.41, 5.74) is 3.42. The standard InChI is InChI=1S/C23H23N3O3S.C2HF3O2/c1-16(2)30(27,28)26-18-10-13-21-22(15-18)25-23(24-21)14-17-8-11-20(12-9-17)29-19-6-4-3-5-7-19;3-2(4,5)1(6)7/h3-13,15-16,26H,14H2,1-2H3,(H,24,25);(H,6,7)/p+1. The number of nitrogens with one attached hydrogen (secondary N) is 1. The molecule has 0 radical (unpaired) electrons. The fourth-order valence-electron chi connectivity index (χ4n) is 3.07. The Morgan fingerprint density at radius 1 is 1.03 bits per heavy atom. The Hall–Kier alpha value is -3.90. The van der Waals surface area contributed by atoms with E-state index in [-0.39, 0.29) is 0 Å². The molecule has 0 spiro atoms. The lowest BCUT2D eigenvalue weighted by molar-refractivity contribution is -0.440. The second-order valence-corrected chi connectivity index (χ2v) is 10.5. The summed E-state index contributed by atoms with van der Waals surface area (Å²) in [6.45, 7) is 3.30. The predicted octanol–water partition coefficient (Wildman–Crippen LogP) is 4.74. The number of benzene rings is 3. The number of carboxylic acid groups (broad SMARTS) is 1. The van der Waals surface area contributed by atoms with Crippen LogP contribution in [-0.2, 0) is 21.2 Å². The number of quaternary nitrogens is 1. The van der Waals surface area contributed by atoms with Crippen LogP contribution in [0.5, 0.6) is 11.5 Å². The van der Waals surface area contributed by atoms with E-state index in [2.05, 4.69) is 9.71 Å². The van der Waals surface area contributed by atoms with Gasteiger partial charge in [0.2, 0.25) is 15.9 Å². The lowest BCUT2D eigenvalue weighted by Gasteiger charge is -2.10. The van der Waals surface area contributed by atoms with E-state index >= 15 is 0 Å². The molecular weight excluding hydrogens is 511 g/mol. The summed E-state index contributed by atoms with van der Waals surface area (Å²) in [7, 11) is -3.38. The summed E-state index contributed by atoms with van der Waals surface area (Å²) in [6, 6.07) is 23.1. The Kier molecular flexibility index (Phi) is 8.56. The van der Waals surface area contributed by atoms with Gasteiger partial charge < -0.3 is 9.84 Å². The molecule has 8 nitrogen and oxygen atoms in total. The van der Waals surface area contributed by atoms with Gasteiger partial charge in [-0.25, -0.2) is 13.2 Å². The van der Waals surface area contributed by atoms with Crippen molar-refractivity contribution < 1.29 is 41.5 Å². The van der Waals surface area contributed by atoms with Gasteiger partial charge >= 0.3 is 12.1 Å². The maximum atomic E-state index is 12.1. The number of nitrogens with zero attached hydrogens (tertiary/aromatic N) is 1. The summed E-state index contributed by atoms with van der Waals surface area (Å²) in [5, 5.41) is 8.66. The molecule has 0 saturated carbocycles. The fourth-order valence-corrected chi connectivity index (χ4v) is 3.77. The fraction of sp³-hybridized carbons (Fsp3) is 0.200. The van der Waals surface area contributed by atoms with Crippen molar-refractivity contribution in [1.82, 2.24) is 0 Å². The van der Waals surface area contributed by atoms with E-state index in [0.717, 1.165) is 34.3 Å².